The van der Waals surface area contributed by atoms with Gasteiger partial charge in [-0.1, -0.05) is 0 Å². The van der Waals surface area contributed by atoms with E-state index in [1.54, 1.807) is 25.1 Å². The highest BCUT2D eigenvalue weighted by molar-refractivity contribution is 5.99. The molecule has 1 aliphatic heterocycles. The van der Waals surface area contributed by atoms with Gasteiger partial charge < -0.3 is 15.4 Å². The van der Waals surface area contributed by atoms with Gasteiger partial charge in [0.2, 0.25) is 5.91 Å². The monoisotopic (exact) mass is 291 g/mol. The molecule has 1 aromatic rings. The lowest BCUT2D eigenvalue weighted by Gasteiger charge is -2.24. The van der Waals surface area contributed by atoms with E-state index in [4.69, 9.17) is 4.74 Å². The van der Waals surface area contributed by atoms with Crippen LogP contribution in [-0.4, -0.2) is 42.5 Å². The quantitative estimate of drug-likeness (QED) is 0.885. The lowest BCUT2D eigenvalue weighted by molar-refractivity contribution is -0.122. The van der Waals surface area contributed by atoms with Crippen LogP contribution in [0.15, 0.2) is 18.2 Å². The Morgan fingerprint density at radius 2 is 2.19 bits per heavy atom. The molecule has 1 atom stereocenters. The molecule has 6 nitrogen and oxygen atoms in total. The molecule has 0 fully saturated rings. The number of amides is 2. The van der Waals surface area contributed by atoms with Crippen LogP contribution in [0.3, 0.4) is 0 Å². The van der Waals surface area contributed by atoms with Gasteiger partial charge in [-0.3, -0.25) is 14.5 Å². The van der Waals surface area contributed by atoms with Crippen LogP contribution in [0.5, 0.6) is 5.75 Å². The molecule has 0 saturated carbocycles. The van der Waals surface area contributed by atoms with Crippen molar-refractivity contribution in [3.63, 3.8) is 0 Å². The zero-order chi connectivity index (χ0) is 15.6. The van der Waals surface area contributed by atoms with Gasteiger partial charge in [-0.05, 0) is 46.0 Å². The van der Waals surface area contributed by atoms with Crippen LogP contribution in [0.4, 0.5) is 11.4 Å². The summed E-state index contributed by atoms with van der Waals surface area (Å²) in [6.45, 7) is 6.06. The van der Waals surface area contributed by atoms with Crippen molar-refractivity contribution in [2.75, 3.05) is 24.2 Å². The fourth-order valence-electron chi connectivity index (χ4n) is 1.90. The Morgan fingerprint density at radius 3 is 2.86 bits per heavy atom. The van der Waals surface area contributed by atoms with E-state index < -0.39 is 6.10 Å². The number of likely N-dealkylation sites (N-methyl/N-ethyl adjacent to an activating group) is 1. The number of hydrogen-bond donors (Lipinski definition) is 2. The van der Waals surface area contributed by atoms with Crippen LogP contribution in [0, 0.1) is 0 Å². The molecule has 2 amide bonds. The highest BCUT2D eigenvalue weighted by Crippen LogP contribution is 2.32. The predicted octanol–water partition coefficient (Wildman–Crippen LogP) is 1.68. The summed E-state index contributed by atoms with van der Waals surface area (Å²) in [4.78, 5) is 25.5. The fraction of sp³-hybridized carbons (Fsp3) is 0.467. The lowest BCUT2D eigenvalue weighted by Crippen LogP contribution is -2.35. The van der Waals surface area contributed by atoms with Crippen molar-refractivity contribution in [1.82, 2.24) is 4.90 Å². The Labute approximate surface area is 124 Å². The summed E-state index contributed by atoms with van der Waals surface area (Å²) in [6, 6.07) is 5.50. The number of hydrogen-bond acceptors (Lipinski definition) is 4. The van der Waals surface area contributed by atoms with E-state index in [1.165, 1.54) is 0 Å². The summed E-state index contributed by atoms with van der Waals surface area (Å²) in [5, 5.41) is 5.57. The number of carbonyl (C=O) groups is 2. The van der Waals surface area contributed by atoms with Crippen LogP contribution >= 0.6 is 0 Å². The SMILES string of the molecule is CC1Oc2ccc(NC(=O)CN(C)C(C)C)cc2NC1=O. The van der Waals surface area contributed by atoms with Crippen molar-refractivity contribution in [2.24, 2.45) is 0 Å². The first-order chi connectivity index (χ1) is 9.86. The molecule has 0 radical (unpaired) electrons. The molecule has 1 aromatic carbocycles. The number of carbonyl (C=O) groups excluding carboxylic acids is 2. The van der Waals surface area contributed by atoms with Crippen LogP contribution in [-0.2, 0) is 9.59 Å². The zero-order valence-corrected chi connectivity index (χ0v) is 12.8. The molecule has 0 aromatic heterocycles. The van der Waals surface area contributed by atoms with Gasteiger partial charge in [0.1, 0.15) is 5.75 Å². The minimum Gasteiger partial charge on any atom is -0.479 e. The molecule has 1 heterocycles. The van der Waals surface area contributed by atoms with E-state index in [-0.39, 0.29) is 11.8 Å². The number of fused-ring (bicyclic) bond motifs is 1. The third-order valence-electron chi connectivity index (χ3n) is 3.47. The number of nitrogens with one attached hydrogen (secondary N) is 2. The fourth-order valence-corrected chi connectivity index (χ4v) is 1.90. The maximum atomic E-state index is 11.9. The average molecular weight is 291 g/mol. The molecule has 21 heavy (non-hydrogen) atoms. The van der Waals surface area contributed by atoms with Gasteiger partial charge in [-0.2, -0.15) is 0 Å². The first-order valence-electron chi connectivity index (χ1n) is 6.98. The molecule has 1 aliphatic rings. The molecule has 2 rings (SSSR count). The molecule has 0 spiro atoms. The van der Waals surface area contributed by atoms with E-state index in [9.17, 15) is 9.59 Å². The topological polar surface area (TPSA) is 70.7 Å². The summed E-state index contributed by atoms with van der Waals surface area (Å²) >= 11 is 0. The summed E-state index contributed by atoms with van der Waals surface area (Å²) < 4.78 is 5.47. The largest absolute Gasteiger partial charge is 0.479 e. The first-order valence-corrected chi connectivity index (χ1v) is 6.98. The lowest BCUT2D eigenvalue weighted by atomic mass is 10.2. The first kappa shape index (κ1) is 15.3. The summed E-state index contributed by atoms with van der Waals surface area (Å²) in [7, 11) is 1.90. The van der Waals surface area contributed by atoms with Crippen LogP contribution in [0.25, 0.3) is 0 Å². The van der Waals surface area contributed by atoms with Crippen molar-refractivity contribution in [1.29, 1.82) is 0 Å². The molecule has 1 unspecified atom stereocenters. The van der Waals surface area contributed by atoms with Crippen molar-refractivity contribution >= 4 is 23.2 Å². The van der Waals surface area contributed by atoms with Gasteiger partial charge in [0, 0.05) is 11.7 Å². The predicted molar refractivity (Wildman–Crippen MR) is 81.6 cm³/mol. The second-order valence-corrected chi connectivity index (χ2v) is 5.52. The van der Waals surface area contributed by atoms with E-state index in [0.717, 1.165) is 0 Å². The third-order valence-corrected chi connectivity index (χ3v) is 3.47. The third kappa shape index (κ3) is 3.72. The average Bonchev–Trinajstić information content (AvgIpc) is 2.40. The molecule has 114 valence electrons. The van der Waals surface area contributed by atoms with E-state index in [2.05, 4.69) is 10.6 Å². The molecular formula is C15H21N3O3. The van der Waals surface area contributed by atoms with Gasteiger partial charge in [0.05, 0.1) is 12.2 Å². The van der Waals surface area contributed by atoms with Crippen LogP contribution in [0.2, 0.25) is 0 Å². The highest BCUT2D eigenvalue weighted by Gasteiger charge is 2.23. The standard InChI is InChI=1S/C15H21N3O3/c1-9(2)18(4)8-14(19)16-11-5-6-13-12(7-11)17-15(20)10(3)21-13/h5-7,9-10H,8H2,1-4H3,(H,16,19)(H,17,20). The van der Waals surface area contributed by atoms with Gasteiger partial charge in [-0.15, -0.1) is 0 Å². The molecular weight excluding hydrogens is 270 g/mol. The highest BCUT2D eigenvalue weighted by atomic mass is 16.5. The normalized spacial score (nSPS) is 17.2. The number of ether oxygens (including phenoxy) is 1. The Morgan fingerprint density at radius 1 is 1.48 bits per heavy atom. The van der Waals surface area contributed by atoms with Crippen molar-refractivity contribution in [3.05, 3.63) is 18.2 Å². The minimum atomic E-state index is -0.502. The van der Waals surface area contributed by atoms with Gasteiger partial charge in [-0.25, -0.2) is 0 Å². The minimum absolute atomic E-state index is 0.0948. The van der Waals surface area contributed by atoms with Crippen molar-refractivity contribution in [3.8, 4) is 5.75 Å². The second kappa shape index (κ2) is 6.13. The van der Waals surface area contributed by atoms with Crippen LogP contribution < -0.4 is 15.4 Å². The van der Waals surface area contributed by atoms with Crippen LogP contribution in [0.1, 0.15) is 20.8 Å². The summed E-state index contributed by atoms with van der Waals surface area (Å²) in [5.41, 5.74) is 1.21. The van der Waals surface area contributed by atoms with Crippen molar-refractivity contribution in [2.45, 2.75) is 32.9 Å². The maximum absolute atomic E-state index is 11.9. The smallest absolute Gasteiger partial charge is 0.265 e. The van der Waals surface area contributed by atoms with E-state index >= 15 is 0 Å². The Hall–Kier alpha value is -2.08. The number of anilines is 2. The molecule has 0 aliphatic carbocycles. The Balaban J connectivity index is 2.04. The number of benzene rings is 1. The van der Waals surface area contributed by atoms with Gasteiger partial charge in [0.15, 0.2) is 6.10 Å². The Kier molecular flexibility index (Phi) is 4.47. The van der Waals surface area contributed by atoms with Gasteiger partial charge in [0.25, 0.3) is 5.91 Å². The zero-order valence-electron chi connectivity index (χ0n) is 12.8. The molecule has 2 N–H and O–H groups in total. The van der Waals surface area contributed by atoms with Crippen molar-refractivity contribution < 1.29 is 14.3 Å². The molecule has 6 heteroatoms. The number of nitrogens with zero attached hydrogens (tertiary/aromatic N) is 1. The van der Waals surface area contributed by atoms with E-state index in [0.29, 0.717) is 29.7 Å². The second-order valence-electron chi connectivity index (χ2n) is 5.52. The summed E-state index contributed by atoms with van der Waals surface area (Å²) in [5.74, 6) is 0.326. The Bertz CT molecular complexity index is 557. The summed E-state index contributed by atoms with van der Waals surface area (Å²) in [6.07, 6.45) is -0.502. The molecule has 0 saturated heterocycles. The maximum Gasteiger partial charge on any atom is 0.265 e. The van der Waals surface area contributed by atoms with E-state index in [1.807, 2.05) is 25.8 Å². The number of rotatable bonds is 4. The van der Waals surface area contributed by atoms with Gasteiger partial charge >= 0.3 is 0 Å². The molecule has 0 bridgehead atoms.